The van der Waals surface area contributed by atoms with Gasteiger partial charge in [0, 0.05) is 17.1 Å². The van der Waals surface area contributed by atoms with E-state index in [0.717, 1.165) is 24.5 Å². The van der Waals surface area contributed by atoms with Crippen LogP contribution in [0.15, 0.2) is 24.3 Å². The minimum Gasteiger partial charge on any atom is -0.315 e. The molecule has 1 heterocycles. The molecule has 94 valence electrons. The maximum atomic E-state index is 6.06. The molecule has 0 aromatic heterocycles. The summed E-state index contributed by atoms with van der Waals surface area (Å²) in [4.78, 5) is 2.36. The van der Waals surface area contributed by atoms with Gasteiger partial charge < -0.3 is 10.2 Å². The number of hydrogen-bond donors (Lipinski definition) is 1. The van der Waals surface area contributed by atoms with E-state index in [1.54, 1.807) is 0 Å². The van der Waals surface area contributed by atoms with Crippen LogP contribution in [0.2, 0.25) is 5.02 Å². The molecule has 0 spiro atoms. The summed E-state index contributed by atoms with van der Waals surface area (Å²) in [5.74, 6) is 0. The van der Waals surface area contributed by atoms with Gasteiger partial charge in [0.2, 0.25) is 0 Å². The van der Waals surface area contributed by atoms with Crippen LogP contribution >= 0.6 is 11.6 Å². The Balaban J connectivity index is 2.17. The van der Waals surface area contributed by atoms with Crippen LogP contribution in [0.1, 0.15) is 18.4 Å². The molecule has 1 aromatic rings. The summed E-state index contributed by atoms with van der Waals surface area (Å²) >= 11 is 6.06. The molecule has 1 saturated heterocycles. The first-order valence-electron chi connectivity index (χ1n) is 6.25. The molecular weight excluding hydrogens is 232 g/mol. The molecular formula is C14H21ClN2. The number of likely N-dealkylation sites (N-methyl/N-ethyl adjacent to an activating group) is 1. The molecule has 0 amide bonds. The number of benzene rings is 1. The van der Waals surface area contributed by atoms with Gasteiger partial charge in [-0.05, 0) is 57.6 Å². The lowest BCUT2D eigenvalue weighted by Crippen LogP contribution is -2.56. The topological polar surface area (TPSA) is 15.3 Å². The number of halogens is 1. The van der Waals surface area contributed by atoms with Gasteiger partial charge in [-0.1, -0.05) is 23.7 Å². The molecule has 1 atom stereocenters. The minimum atomic E-state index is 0.239. The zero-order valence-corrected chi connectivity index (χ0v) is 11.4. The summed E-state index contributed by atoms with van der Waals surface area (Å²) in [6, 6.07) is 8.23. The maximum Gasteiger partial charge on any atom is 0.0408 e. The number of nitrogens with one attached hydrogen (secondary N) is 1. The SMILES string of the molecule is CN(C)C1(Cc2cccc(Cl)c2)CCCNC1. The van der Waals surface area contributed by atoms with Gasteiger partial charge in [-0.2, -0.15) is 0 Å². The Morgan fingerprint density at radius 3 is 2.82 bits per heavy atom. The average molecular weight is 253 g/mol. The lowest BCUT2D eigenvalue weighted by Gasteiger charge is -2.43. The fourth-order valence-electron chi connectivity index (χ4n) is 2.67. The summed E-state index contributed by atoms with van der Waals surface area (Å²) in [5.41, 5.74) is 1.57. The first kappa shape index (κ1) is 12.9. The molecule has 1 fully saturated rings. The Morgan fingerprint density at radius 1 is 1.41 bits per heavy atom. The number of hydrogen-bond acceptors (Lipinski definition) is 2. The molecule has 2 rings (SSSR count). The molecule has 0 saturated carbocycles. The number of nitrogens with zero attached hydrogens (tertiary/aromatic N) is 1. The molecule has 1 aliphatic rings. The highest BCUT2D eigenvalue weighted by Gasteiger charge is 2.34. The van der Waals surface area contributed by atoms with Crippen LogP contribution in [-0.4, -0.2) is 37.6 Å². The lowest BCUT2D eigenvalue weighted by atomic mass is 9.83. The fourth-order valence-corrected chi connectivity index (χ4v) is 2.88. The normalized spacial score (nSPS) is 25.2. The summed E-state index contributed by atoms with van der Waals surface area (Å²) < 4.78 is 0. The van der Waals surface area contributed by atoms with Gasteiger partial charge in [0.1, 0.15) is 0 Å². The standard InChI is InChI=1S/C14H21ClN2/c1-17(2)14(7-4-8-16-11-14)10-12-5-3-6-13(15)9-12/h3,5-6,9,16H,4,7-8,10-11H2,1-2H3. The van der Waals surface area contributed by atoms with E-state index in [-0.39, 0.29) is 5.54 Å². The molecule has 17 heavy (non-hydrogen) atoms. The molecule has 1 aromatic carbocycles. The van der Waals surface area contributed by atoms with E-state index in [2.05, 4.69) is 36.4 Å². The summed E-state index contributed by atoms with van der Waals surface area (Å²) in [6.07, 6.45) is 3.56. The maximum absolute atomic E-state index is 6.06. The highest BCUT2D eigenvalue weighted by molar-refractivity contribution is 6.30. The molecule has 2 nitrogen and oxygen atoms in total. The van der Waals surface area contributed by atoms with Crippen molar-refractivity contribution in [3.8, 4) is 0 Å². The highest BCUT2D eigenvalue weighted by atomic mass is 35.5. The fraction of sp³-hybridized carbons (Fsp3) is 0.571. The van der Waals surface area contributed by atoms with Gasteiger partial charge in [-0.3, -0.25) is 0 Å². The second kappa shape index (κ2) is 5.38. The van der Waals surface area contributed by atoms with Crippen LogP contribution in [0.4, 0.5) is 0 Å². The van der Waals surface area contributed by atoms with Crippen molar-refractivity contribution in [1.82, 2.24) is 10.2 Å². The number of piperidine rings is 1. The largest absolute Gasteiger partial charge is 0.315 e. The molecule has 0 radical (unpaired) electrons. The smallest absolute Gasteiger partial charge is 0.0408 e. The molecule has 0 bridgehead atoms. The third kappa shape index (κ3) is 3.01. The van der Waals surface area contributed by atoms with Gasteiger partial charge in [-0.15, -0.1) is 0 Å². The van der Waals surface area contributed by atoms with Crippen molar-refractivity contribution in [2.45, 2.75) is 24.8 Å². The zero-order chi connectivity index (χ0) is 12.3. The van der Waals surface area contributed by atoms with Crippen molar-refractivity contribution in [1.29, 1.82) is 0 Å². The Morgan fingerprint density at radius 2 is 2.24 bits per heavy atom. The van der Waals surface area contributed by atoms with Crippen molar-refractivity contribution < 1.29 is 0 Å². The first-order chi connectivity index (χ1) is 8.12. The van der Waals surface area contributed by atoms with Crippen LogP contribution in [-0.2, 0) is 6.42 Å². The van der Waals surface area contributed by atoms with Gasteiger partial charge in [0.05, 0.1) is 0 Å². The highest BCUT2D eigenvalue weighted by Crippen LogP contribution is 2.27. The van der Waals surface area contributed by atoms with Gasteiger partial charge >= 0.3 is 0 Å². The molecule has 1 unspecified atom stereocenters. The van der Waals surface area contributed by atoms with Gasteiger partial charge in [-0.25, -0.2) is 0 Å². The van der Waals surface area contributed by atoms with Crippen molar-refractivity contribution in [2.24, 2.45) is 0 Å². The summed E-state index contributed by atoms with van der Waals surface area (Å²) in [5, 5.41) is 4.35. The van der Waals surface area contributed by atoms with Crippen molar-refractivity contribution in [3.05, 3.63) is 34.9 Å². The third-order valence-corrected chi connectivity index (χ3v) is 4.06. The van der Waals surface area contributed by atoms with E-state index in [4.69, 9.17) is 11.6 Å². The molecule has 0 aliphatic carbocycles. The predicted octanol–water partition coefficient (Wildman–Crippen LogP) is 2.57. The van der Waals surface area contributed by atoms with Gasteiger partial charge in [0.15, 0.2) is 0 Å². The van der Waals surface area contributed by atoms with Crippen LogP contribution < -0.4 is 5.32 Å². The van der Waals surface area contributed by atoms with Crippen LogP contribution in [0.25, 0.3) is 0 Å². The lowest BCUT2D eigenvalue weighted by molar-refractivity contribution is 0.114. The number of rotatable bonds is 3. The summed E-state index contributed by atoms with van der Waals surface area (Å²) in [7, 11) is 4.36. The molecule has 1 aliphatic heterocycles. The second-order valence-corrected chi connectivity index (χ2v) is 5.64. The van der Waals surface area contributed by atoms with Crippen LogP contribution in [0.3, 0.4) is 0 Å². The van der Waals surface area contributed by atoms with E-state index >= 15 is 0 Å². The van der Waals surface area contributed by atoms with E-state index in [1.807, 2.05) is 12.1 Å². The quantitative estimate of drug-likeness (QED) is 0.890. The predicted molar refractivity (Wildman–Crippen MR) is 73.7 cm³/mol. The Hall–Kier alpha value is -0.570. The third-order valence-electron chi connectivity index (χ3n) is 3.82. The Kier molecular flexibility index (Phi) is 4.08. The van der Waals surface area contributed by atoms with Crippen molar-refractivity contribution >= 4 is 11.6 Å². The van der Waals surface area contributed by atoms with E-state index in [9.17, 15) is 0 Å². The zero-order valence-electron chi connectivity index (χ0n) is 10.7. The molecule has 3 heteroatoms. The van der Waals surface area contributed by atoms with E-state index < -0.39 is 0 Å². The van der Waals surface area contributed by atoms with Crippen LogP contribution in [0, 0.1) is 0 Å². The average Bonchev–Trinajstić information content (AvgIpc) is 2.30. The first-order valence-corrected chi connectivity index (χ1v) is 6.63. The van der Waals surface area contributed by atoms with E-state index in [1.165, 1.54) is 18.4 Å². The van der Waals surface area contributed by atoms with Crippen molar-refractivity contribution in [2.75, 3.05) is 27.2 Å². The monoisotopic (exact) mass is 252 g/mol. The molecule has 1 N–H and O–H groups in total. The summed E-state index contributed by atoms with van der Waals surface area (Å²) in [6.45, 7) is 2.21. The van der Waals surface area contributed by atoms with Gasteiger partial charge in [0.25, 0.3) is 0 Å². The van der Waals surface area contributed by atoms with Crippen molar-refractivity contribution in [3.63, 3.8) is 0 Å². The Bertz CT molecular complexity index is 370. The minimum absolute atomic E-state index is 0.239. The second-order valence-electron chi connectivity index (χ2n) is 5.21. The van der Waals surface area contributed by atoms with Crippen LogP contribution in [0.5, 0.6) is 0 Å². The van der Waals surface area contributed by atoms with E-state index in [0.29, 0.717) is 0 Å². The Labute approximate surface area is 109 Å².